The van der Waals surface area contributed by atoms with Gasteiger partial charge in [-0.2, -0.15) is 0 Å². The third-order valence-corrected chi connectivity index (χ3v) is 5.48. The molecule has 4 amide bonds. The van der Waals surface area contributed by atoms with E-state index in [9.17, 15) is 28.8 Å². The fourth-order valence-corrected chi connectivity index (χ4v) is 3.68. The summed E-state index contributed by atoms with van der Waals surface area (Å²) in [5.74, 6) is -5.51. The minimum absolute atomic E-state index is 0.0247. The maximum atomic E-state index is 12.5. The molecule has 0 aromatic rings. The number of imide groups is 2. The van der Waals surface area contributed by atoms with Gasteiger partial charge in [0.15, 0.2) is 0 Å². The molecule has 1 rings (SSSR count). The smallest absolute Gasteiger partial charge is 0.323 e. The Morgan fingerprint density at radius 1 is 1.21 bits per heavy atom. The van der Waals surface area contributed by atoms with Gasteiger partial charge in [-0.3, -0.25) is 38.6 Å². The maximum Gasteiger partial charge on any atom is 0.323 e. The zero-order valence-corrected chi connectivity index (χ0v) is 16.6. The molecule has 0 aliphatic carbocycles. The van der Waals surface area contributed by atoms with Crippen molar-refractivity contribution in [2.45, 2.75) is 43.5 Å². The molecule has 0 aromatic heterocycles. The van der Waals surface area contributed by atoms with Gasteiger partial charge in [0.1, 0.15) is 12.6 Å². The highest BCUT2D eigenvalue weighted by Gasteiger charge is 2.38. The fraction of sp³-hybridized carbons (Fsp3) is 0.625. The van der Waals surface area contributed by atoms with Crippen LogP contribution in [0.3, 0.4) is 0 Å². The normalized spacial score (nSPS) is 18.4. The van der Waals surface area contributed by atoms with E-state index in [4.69, 9.17) is 21.7 Å². The summed E-state index contributed by atoms with van der Waals surface area (Å²) >= 11 is 0.981. The molecule has 12 nitrogen and oxygen atoms in total. The summed E-state index contributed by atoms with van der Waals surface area (Å²) in [7, 11) is 0. The first-order valence-corrected chi connectivity index (χ1v) is 9.80. The van der Waals surface area contributed by atoms with Gasteiger partial charge in [-0.1, -0.05) is 0 Å². The van der Waals surface area contributed by atoms with Gasteiger partial charge < -0.3 is 21.7 Å². The molecule has 6 N–H and O–H groups in total. The topological polar surface area (TPSA) is 201 Å². The van der Waals surface area contributed by atoms with Gasteiger partial charge in [0.25, 0.3) is 0 Å². The van der Waals surface area contributed by atoms with Crippen molar-refractivity contribution in [3.8, 4) is 0 Å². The zero-order valence-electron chi connectivity index (χ0n) is 15.8. The van der Waals surface area contributed by atoms with Gasteiger partial charge in [-0.05, 0) is 13.3 Å². The molecule has 162 valence electrons. The lowest BCUT2D eigenvalue weighted by atomic mass is 10.1. The monoisotopic (exact) mass is 432 g/mol. The molecule has 0 spiro atoms. The molecule has 13 heteroatoms. The van der Waals surface area contributed by atoms with Gasteiger partial charge in [-0.15, -0.1) is 11.8 Å². The van der Waals surface area contributed by atoms with Crippen LogP contribution < -0.4 is 11.5 Å². The number of rotatable bonds is 11. The molecular formula is C16H24N4O8S. The quantitative estimate of drug-likeness (QED) is 0.259. The first-order chi connectivity index (χ1) is 13.5. The van der Waals surface area contributed by atoms with Crippen molar-refractivity contribution >= 4 is 47.3 Å². The average Bonchev–Trinajstić information content (AvgIpc) is 2.93. The largest absolute Gasteiger partial charge is 0.480 e. The summed E-state index contributed by atoms with van der Waals surface area (Å²) in [4.78, 5) is 71.7. The van der Waals surface area contributed by atoms with Gasteiger partial charge in [0, 0.05) is 25.1 Å². The molecule has 1 fully saturated rings. The summed E-state index contributed by atoms with van der Waals surface area (Å²) in [6, 6.07) is -2.63. The Kier molecular flexibility index (Phi) is 9.20. The van der Waals surface area contributed by atoms with Crippen molar-refractivity contribution in [1.29, 1.82) is 0 Å². The predicted molar refractivity (Wildman–Crippen MR) is 100 cm³/mol. The first-order valence-electron chi connectivity index (χ1n) is 8.75. The number of aliphatic carboxylic acids is 2. The third kappa shape index (κ3) is 6.80. The molecule has 0 saturated carbocycles. The summed E-state index contributed by atoms with van der Waals surface area (Å²) in [5, 5.41) is 17.0. The number of hydrogen-bond donors (Lipinski definition) is 4. The van der Waals surface area contributed by atoms with Crippen LogP contribution in [0.15, 0.2) is 0 Å². The molecule has 1 aliphatic heterocycles. The highest BCUT2D eigenvalue weighted by molar-refractivity contribution is 8.00. The second-order valence-electron chi connectivity index (χ2n) is 6.30. The Bertz CT molecular complexity index is 700. The van der Waals surface area contributed by atoms with Crippen molar-refractivity contribution < 1.29 is 39.0 Å². The van der Waals surface area contributed by atoms with Crippen LogP contribution in [0.25, 0.3) is 0 Å². The number of carbonyl (C=O) groups is 6. The SMILES string of the molecule is CCN1C(=O)CC(SC[C@H](N)C(=O)N(CC(=O)O)C(=O)CC[C@H](N)C(=O)O)C1=O. The van der Waals surface area contributed by atoms with Gasteiger partial charge >= 0.3 is 11.9 Å². The molecule has 0 radical (unpaired) electrons. The fourth-order valence-electron chi connectivity index (χ4n) is 2.57. The molecule has 1 saturated heterocycles. The van der Waals surface area contributed by atoms with Crippen LogP contribution in [0.2, 0.25) is 0 Å². The predicted octanol–water partition coefficient (Wildman–Crippen LogP) is -2.17. The number of carboxylic acid groups (broad SMARTS) is 2. The van der Waals surface area contributed by atoms with E-state index in [-0.39, 0.29) is 37.0 Å². The van der Waals surface area contributed by atoms with Crippen LogP contribution in [0, 0.1) is 0 Å². The van der Waals surface area contributed by atoms with E-state index in [1.165, 1.54) is 0 Å². The third-order valence-electron chi connectivity index (χ3n) is 4.16. The van der Waals surface area contributed by atoms with E-state index in [0.29, 0.717) is 4.90 Å². The number of thioether (sulfide) groups is 1. The number of carboxylic acids is 2. The summed E-state index contributed by atoms with van der Waals surface area (Å²) < 4.78 is 0. The lowest BCUT2D eigenvalue weighted by molar-refractivity contribution is -0.153. The lowest BCUT2D eigenvalue weighted by Crippen LogP contribution is -2.50. The van der Waals surface area contributed by atoms with E-state index in [1.807, 2.05) is 0 Å². The molecule has 1 unspecified atom stereocenters. The van der Waals surface area contributed by atoms with E-state index in [0.717, 1.165) is 16.7 Å². The first kappa shape index (κ1) is 24.5. The number of amides is 4. The Morgan fingerprint density at radius 2 is 1.83 bits per heavy atom. The molecular weight excluding hydrogens is 408 g/mol. The van der Waals surface area contributed by atoms with Crippen LogP contribution in [0.4, 0.5) is 0 Å². The summed E-state index contributed by atoms with van der Waals surface area (Å²) in [6.07, 6.45) is -0.760. The van der Waals surface area contributed by atoms with E-state index < -0.39 is 54.1 Å². The van der Waals surface area contributed by atoms with Gasteiger partial charge in [0.2, 0.25) is 23.6 Å². The number of likely N-dealkylation sites (tertiary alicyclic amines) is 1. The maximum absolute atomic E-state index is 12.5. The zero-order chi connectivity index (χ0) is 22.3. The van der Waals surface area contributed by atoms with Crippen LogP contribution in [0.5, 0.6) is 0 Å². The Labute approximate surface area is 170 Å². The van der Waals surface area contributed by atoms with Gasteiger partial charge in [-0.25, -0.2) is 0 Å². The van der Waals surface area contributed by atoms with Crippen molar-refractivity contribution in [2.75, 3.05) is 18.8 Å². The highest BCUT2D eigenvalue weighted by Crippen LogP contribution is 2.25. The van der Waals surface area contributed by atoms with Crippen LogP contribution in [-0.2, 0) is 28.8 Å². The summed E-state index contributed by atoms with van der Waals surface area (Å²) in [5.41, 5.74) is 11.1. The molecule has 0 bridgehead atoms. The average molecular weight is 432 g/mol. The molecule has 1 heterocycles. The van der Waals surface area contributed by atoms with E-state index in [1.54, 1.807) is 6.92 Å². The molecule has 0 aromatic carbocycles. The highest BCUT2D eigenvalue weighted by atomic mass is 32.2. The van der Waals surface area contributed by atoms with Crippen LogP contribution >= 0.6 is 11.8 Å². The Morgan fingerprint density at radius 3 is 2.31 bits per heavy atom. The number of nitrogens with two attached hydrogens (primary N) is 2. The van der Waals surface area contributed by atoms with Crippen LogP contribution in [-0.4, -0.2) is 91.8 Å². The van der Waals surface area contributed by atoms with Crippen molar-refractivity contribution in [3.05, 3.63) is 0 Å². The van der Waals surface area contributed by atoms with Gasteiger partial charge in [0.05, 0.1) is 11.3 Å². The van der Waals surface area contributed by atoms with Crippen molar-refractivity contribution in [1.82, 2.24) is 9.80 Å². The number of hydrogen-bond acceptors (Lipinski definition) is 9. The van der Waals surface area contributed by atoms with E-state index >= 15 is 0 Å². The second kappa shape index (κ2) is 10.9. The van der Waals surface area contributed by atoms with E-state index in [2.05, 4.69) is 0 Å². The van der Waals surface area contributed by atoms with Crippen molar-refractivity contribution in [3.63, 3.8) is 0 Å². The van der Waals surface area contributed by atoms with Crippen LogP contribution in [0.1, 0.15) is 26.2 Å². The van der Waals surface area contributed by atoms with Crippen molar-refractivity contribution in [2.24, 2.45) is 11.5 Å². The Hall–Kier alpha value is -2.51. The Balaban J connectivity index is 2.71. The summed E-state index contributed by atoms with van der Waals surface area (Å²) in [6.45, 7) is 0.950. The molecule has 3 atom stereocenters. The number of nitrogens with zero attached hydrogens (tertiary/aromatic N) is 2. The second-order valence-corrected chi connectivity index (χ2v) is 7.54. The molecule has 29 heavy (non-hydrogen) atoms. The standard InChI is InChI=1S/C16H24N4O8S/c1-2-19-12(22)5-10(15(19)26)29-7-9(18)14(25)20(6-13(23)24)11(21)4-3-8(17)16(27)28/h8-10H,2-7,17-18H2,1H3,(H,23,24)(H,27,28)/t8-,9-,10?/m0/s1. The minimum atomic E-state index is -1.45. The number of carbonyl (C=O) groups excluding carboxylic acids is 4. The minimum Gasteiger partial charge on any atom is -0.480 e. The lowest BCUT2D eigenvalue weighted by Gasteiger charge is -2.23. The molecule has 1 aliphatic rings.